The highest BCUT2D eigenvalue weighted by atomic mass is 35.5. The van der Waals surface area contributed by atoms with Crippen LogP contribution in [0.15, 0.2) is 91.0 Å². The molecule has 13 heteroatoms. The molecule has 0 aromatic heterocycles. The summed E-state index contributed by atoms with van der Waals surface area (Å²) in [6, 6.07) is 27.2. The van der Waals surface area contributed by atoms with Gasteiger partial charge in [0.1, 0.15) is 5.75 Å². The maximum absolute atomic E-state index is 14.3. The molecule has 4 aromatic rings. The van der Waals surface area contributed by atoms with Gasteiger partial charge in [-0.1, -0.05) is 77.8 Å². The Balaban J connectivity index is 1.53. The number of methoxy groups -OCH3 is 3. The van der Waals surface area contributed by atoms with Crippen molar-refractivity contribution in [3.63, 3.8) is 0 Å². The zero-order valence-electron chi connectivity index (χ0n) is 31.3. The molecule has 11 nitrogen and oxygen atoms in total. The van der Waals surface area contributed by atoms with E-state index in [2.05, 4.69) is 4.90 Å². The topological polar surface area (TPSA) is 127 Å². The summed E-state index contributed by atoms with van der Waals surface area (Å²) in [6.45, 7) is 1.80. The highest BCUT2D eigenvalue weighted by Crippen LogP contribution is 2.41. The van der Waals surface area contributed by atoms with Crippen LogP contribution in [-0.4, -0.2) is 99.6 Å². The number of hydrogen-bond donors (Lipinski definition) is 2. The molecular formula is C41H48Cl2N4O7. The Morgan fingerprint density at radius 2 is 1.46 bits per heavy atom. The number of likely N-dealkylation sites (N-methyl/N-ethyl adjacent to an activating group) is 2. The van der Waals surface area contributed by atoms with Gasteiger partial charge in [0.05, 0.1) is 42.3 Å². The zero-order chi connectivity index (χ0) is 39.0. The Morgan fingerprint density at radius 3 is 2.00 bits per heavy atom. The number of primary amides is 1. The van der Waals surface area contributed by atoms with Gasteiger partial charge in [-0.25, -0.2) is 4.90 Å². The molecule has 3 N–H and O–H groups in total. The molecule has 0 aliphatic carbocycles. The van der Waals surface area contributed by atoms with Crippen molar-refractivity contribution in [2.24, 2.45) is 5.73 Å². The second kappa shape index (κ2) is 17.7. The molecule has 4 aromatic carbocycles. The van der Waals surface area contributed by atoms with Crippen LogP contribution in [0.4, 0.5) is 0 Å². The van der Waals surface area contributed by atoms with Gasteiger partial charge in [-0.2, -0.15) is 0 Å². The van der Waals surface area contributed by atoms with E-state index in [0.717, 1.165) is 5.56 Å². The molecule has 0 spiro atoms. The Bertz CT molecular complexity index is 1870. The van der Waals surface area contributed by atoms with Crippen LogP contribution in [0, 0.1) is 0 Å². The second-order valence-corrected chi connectivity index (χ2v) is 14.3. The van der Waals surface area contributed by atoms with Crippen molar-refractivity contribution in [1.82, 2.24) is 14.7 Å². The molecule has 54 heavy (non-hydrogen) atoms. The van der Waals surface area contributed by atoms with Gasteiger partial charge in [-0.15, -0.1) is 0 Å². The van der Waals surface area contributed by atoms with Crippen LogP contribution in [0.3, 0.4) is 0 Å². The Kier molecular flexibility index (Phi) is 13.4. The van der Waals surface area contributed by atoms with Gasteiger partial charge in [0.2, 0.25) is 11.7 Å². The number of aliphatic hydroxyl groups excluding tert-OH is 1. The van der Waals surface area contributed by atoms with E-state index in [1.807, 2.05) is 54.6 Å². The summed E-state index contributed by atoms with van der Waals surface area (Å²) >= 11 is 13.1. The molecule has 2 atom stereocenters. The number of rotatable bonds is 16. The Hall–Kier alpha value is -4.52. The predicted molar refractivity (Wildman–Crippen MR) is 210 cm³/mol. The monoisotopic (exact) mass is 778 g/mol. The lowest BCUT2D eigenvalue weighted by Gasteiger charge is -2.47. The number of likely N-dealkylation sites (tertiary alicyclic amines) is 1. The highest BCUT2D eigenvalue weighted by molar-refractivity contribution is 6.42. The van der Waals surface area contributed by atoms with Gasteiger partial charge in [-0.3, -0.25) is 9.59 Å². The standard InChI is InChI=1S/C41H48Cl2N4O7/c1-45(37(48)28-24-34(51-3)36(53-5)35(25-28)52-4)27-41(30-16-17-32(42)33(43)26-30,46(2)39(50)54-31-14-10-7-11-15-31)20-23-47-21-18-40(19-22-47,38(44)49)29-12-8-6-9-13-29/h6-17,24-26,39,50H,18-23,27H2,1-5H3,(H2,44,49). The van der Waals surface area contributed by atoms with Crippen LogP contribution in [0.1, 0.15) is 40.7 Å². The fourth-order valence-electron chi connectivity index (χ4n) is 7.33. The lowest BCUT2D eigenvalue weighted by atomic mass is 9.72. The SMILES string of the molecule is COc1cc(C(=O)N(C)CC(CCN2CCC(C(N)=O)(c3ccccc3)CC2)(c2ccc(Cl)c(Cl)c2)N(C)C(O)Oc2ccccc2)cc(OC)c1OC. The first-order valence-electron chi connectivity index (χ1n) is 17.6. The van der Waals surface area contributed by atoms with Gasteiger partial charge < -0.3 is 39.6 Å². The van der Waals surface area contributed by atoms with Crippen LogP contribution in [0.25, 0.3) is 0 Å². The number of nitrogens with two attached hydrogens (primary N) is 1. The molecule has 2 amide bonds. The lowest BCUT2D eigenvalue weighted by Crippen LogP contribution is -2.58. The van der Waals surface area contributed by atoms with Crippen LogP contribution in [0.2, 0.25) is 10.0 Å². The van der Waals surface area contributed by atoms with Crippen molar-refractivity contribution in [3.05, 3.63) is 118 Å². The normalized spacial score (nSPS) is 15.9. The van der Waals surface area contributed by atoms with Gasteiger partial charge >= 0.3 is 0 Å². The van der Waals surface area contributed by atoms with Gasteiger partial charge in [0.25, 0.3) is 12.3 Å². The zero-order valence-corrected chi connectivity index (χ0v) is 32.8. The number of carbonyl (C=O) groups excluding carboxylic acids is 2. The molecule has 2 unspecified atom stereocenters. The summed E-state index contributed by atoms with van der Waals surface area (Å²) in [4.78, 5) is 32.8. The third-order valence-corrected chi connectivity index (χ3v) is 11.3. The number of amides is 2. The third kappa shape index (κ3) is 8.56. The molecule has 0 saturated carbocycles. The van der Waals surface area contributed by atoms with Crippen molar-refractivity contribution in [3.8, 4) is 23.0 Å². The number of nitrogens with zero attached hydrogens (tertiary/aromatic N) is 3. The van der Waals surface area contributed by atoms with Crippen LogP contribution in [0.5, 0.6) is 23.0 Å². The summed E-state index contributed by atoms with van der Waals surface area (Å²) in [5.41, 5.74) is 6.09. The summed E-state index contributed by atoms with van der Waals surface area (Å²) < 4.78 is 22.6. The average molecular weight is 780 g/mol. The molecule has 1 heterocycles. The number of piperidine rings is 1. The highest BCUT2D eigenvalue weighted by Gasteiger charge is 2.45. The lowest BCUT2D eigenvalue weighted by molar-refractivity contribution is -0.173. The summed E-state index contributed by atoms with van der Waals surface area (Å²) in [5.74, 6) is 0.812. The first-order valence-corrected chi connectivity index (χ1v) is 18.4. The molecule has 1 aliphatic heterocycles. The molecule has 5 rings (SSSR count). The number of benzene rings is 4. The number of hydrogen-bond acceptors (Lipinski definition) is 9. The minimum absolute atomic E-state index is 0.0786. The maximum Gasteiger partial charge on any atom is 0.260 e. The van der Waals surface area contributed by atoms with E-state index in [1.165, 1.54) is 21.3 Å². The van der Waals surface area contributed by atoms with Crippen LogP contribution < -0.4 is 24.7 Å². The van der Waals surface area contributed by atoms with E-state index in [-0.39, 0.29) is 18.4 Å². The summed E-state index contributed by atoms with van der Waals surface area (Å²) in [6.07, 6.45) is 0.0365. The quantitative estimate of drug-likeness (QED) is 0.128. The van der Waals surface area contributed by atoms with Crippen molar-refractivity contribution in [1.29, 1.82) is 0 Å². The van der Waals surface area contributed by atoms with Gasteiger partial charge in [0, 0.05) is 25.7 Å². The van der Waals surface area contributed by atoms with Crippen LogP contribution in [-0.2, 0) is 15.7 Å². The predicted octanol–water partition coefficient (Wildman–Crippen LogP) is 6.18. The minimum atomic E-state index is -1.45. The van der Waals surface area contributed by atoms with Crippen molar-refractivity contribution >= 4 is 35.0 Å². The summed E-state index contributed by atoms with van der Waals surface area (Å²) in [7, 11) is 7.91. The molecule has 0 radical (unpaired) electrons. The third-order valence-electron chi connectivity index (χ3n) is 10.6. The Labute approximate surface area is 327 Å². The van der Waals surface area contributed by atoms with Gasteiger partial charge in [-0.05, 0) is 86.9 Å². The molecule has 0 bridgehead atoms. The van der Waals surface area contributed by atoms with Crippen molar-refractivity contribution < 1.29 is 33.6 Å². The molecule has 1 saturated heterocycles. The number of ether oxygens (including phenoxy) is 4. The van der Waals surface area contributed by atoms with E-state index >= 15 is 0 Å². The van der Waals surface area contributed by atoms with E-state index in [1.54, 1.807) is 60.3 Å². The minimum Gasteiger partial charge on any atom is -0.493 e. The van der Waals surface area contributed by atoms with Gasteiger partial charge in [0.15, 0.2) is 11.5 Å². The first-order chi connectivity index (χ1) is 25.9. The molecular weight excluding hydrogens is 731 g/mol. The van der Waals surface area contributed by atoms with E-state index in [9.17, 15) is 14.7 Å². The largest absolute Gasteiger partial charge is 0.493 e. The fourth-order valence-corrected chi connectivity index (χ4v) is 7.63. The molecule has 288 valence electrons. The van der Waals surface area contributed by atoms with E-state index in [4.69, 9.17) is 47.9 Å². The van der Waals surface area contributed by atoms with Crippen LogP contribution >= 0.6 is 23.2 Å². The summed E-state index contributed by atoms with van der Waals surface area (Å²) in [5, 5.41) is 12.5. The molecule has 1 aliphatic rings. The van der Waals surface area contributed by atoms with Crippen molar-refractivity contribution in [2.45, 2.75) is 36.6 Å². The number of para-hydroxylation sites is 1. The Morgan fingerprint density at radius 1 is 0.870 bits per heavy atom. The first kappa shape index (κ1) is 40.7. The van der Waals surface area contributed by atoms with E-state index < -0.39 is 17.4 Å². The average Bonchev–Trinajstić information content (AvgIpc) is 3.20. The molecule has 1 fully saturated rings. The fraction of sp³-hybridized carbons (Fsp3) is 0.366. The number of aliphatic hydroxyl groups is 1. The van der Waals surface area contributed by atoms with Crippen molar-refractivity contribution in [2.75, 3.05) is 61.6 Å². The maximum atomic E-state index is 14.3. The smallest absolute Gasteiger partial charge is 0.260 e. The number of halogens is 2. The second-order valence-electron chi connectivity index (χ2n) is 13.5. The van der Waals surface area contributed by atoms with E-state index in [0.29, 0.717) is 83.1 Å². The number of carbonyl (C=O) groups is 2.